The van der Waals surface area contributed by atoms with Gasteiger partial charge in [0.15, 0.2) is 0 Å². The maximum absolute atomic E-state index is 2.54. The molecule has 1 aliphatic heterocycles. The normalized spacial score (nSPS) is 29.7. The molecular weight excluding hydrogens is 251 g/mol. The van der Waals surface area contributed by atoms with Crippen LogP contribution >= 0.6 is 22.9 Å². The topological polar surface area (TPSA) is 6.48 Å². The van der Waals surface area contributed by atoms with Crippen LogP contribution in [0, 0.1) is 0 Å². The molecule has 11 heavy (non-hydrogen) atoms. The molecule has 0 bridgehead atoms. The standard InChI is InChI=1S/C8H17IN2/c1-7(2)10-4-5-11(9)8(3)6-10/h7-8H,4-6H2,1-3H3/t8-/m1/s1. The molecule has 2 nitrogen and oxygen atoms in total. The molecule has 0 aliphatic carbocycles. The van der Waals surface area contributed by atoms with Crippen LogP contribution in [-0.4, -0.2) is 39.7 Å². The van der Waals surface area contributed by atoms with Gasteiger partial charge < -0.3 is 0 Å². The number of hydrogen-bond donors (Lipinski definition) is 0. The van der Waals surface area contributed by atoms with Gasteiger partial charge in [0.1, 0.15) is 0 Å². The largest absolute Gasteiger partial charge is 0.298 e. The van der Waals surface area contributed by atoms with Crippen LogP contribution in [0.15, 0.2) is 0 Å². The molecule has 1 aliphatic rings. The summed E-state index contributed by atoms with van der Waals surface area (Å²) in [6, 6.07) is 1.43. The van der Waals surface area contributed by atoms with Crippen molar-refractivity contribution in [2.75, 3.05) is 19.6 Å². The van der Waals surface area contributed by atoms with Gasteiger partial charge in [-0.2, -0.15) is 0 Å². The second kappa shape index (κ2) is 4.05. The van der Waals surface area contributed by atoms with Crippen molar-refractivity contribution in [3.05, 3.63) is 0 Å². The molecule has 1 fully saturated rings. The van der Waals surface area contributed by atoms with Crippen LogP contribution in [0.4, 0.5) is 0 Å². The Bertz CT molecular complexity index is 127. The Hall–Kier alpha value is 0.650. The van der Waals surface area contributed by atoms with Gasteiger partial charge in [-0.3, -0.25) is 4.90 Å². The summed E-state index contributed by atoms with van der Waals surface area (Å²) in [6.45, 7) is 10.5. The molecule has 1 rings (SSSR count). The lowest BCUT2D eigenvalue weighted by Gasteiger charge is -2.38. The molecule has 0 unspecified atom stereocenters. The van der Waals surface area contributed by atoms with Crippen LogP contribution < -0.4 is 0 Å². The van der Waals surface area contributed by atoms with Crippen LogP contribution in [0.3, 0.4) is 0 Å². The summed E-state index contributed by atoms with van der Waals surface area (Å²) in [5.41, 5.74) is 0. The smallest absolute Gasteiger partial charge is 0.0293 e. The highest BCUT2D eigenvalue weighted by molar-refractivity contribution is 14.1. The van der Waals surface area contributed by atoms with E-state index in [0.29, 0.717) is 12.1 Å². The van der Waals surface area contributed by atoms with Gasteiger partial charge >= 0.3 is 0 Å². The fourth-order valence-corrected chi connectivity index (χ4v) is 1.82. The van der Waals surface area contributed by atoms with E-state index >= 15 is 0 Å². The van der Waals surface area contributed by atoms with Gasteiger partial charge in [-0.05, 0) is 20.8 Å². The molecule has 0 saturated carbocycles. The number of halogens is 1. The molecule has 0 aromatic heterocycles. The summed E-state index contributed by atoms with van der Waals surface area (Å²) >= 11 is 2.42. The van der Waals surface area contributed by atoms with E-state index in [4.69, 9.17) is 0 Å². The van der Waals surface area contributed by atoms with Gasteiger partial charge in [-0.1, -0.05) is 0 Å². The zero-order chi connectivity index (χ0) is 8.43. The Balaban J connectivity index is 2.40. The molecule has 0 spiro atoms. The fraction of sp³-hybridized carbons (Fsp3) is 1.00. The van der Waals surface area contributed by atoms with E-state index in [9.17, 15) is 0 Å². The molecule has 1 saturated heterocycles. The van der Waals surface area contributed by atoms with Crippen molar-refractivity contribution >= 4 is 22.9 Å². The third-order valence-electron chi connectivity index (χ3n) is 2.31. The first-order valence-corrected chi connectivity index (χ1v) is 5.24. The Morgan fingerprint density at radius 1 is 1.36 bits per heavy atom. The molecule has 0 amide bonds. The first-order valence-electron chi connectivity index (χ1n) is 4.27. The third kappa shape index (κ3) is 2.56. The first kappa shape index (κ1) is 9.74. The van der Waals surface area contributed by atoms with E-state index in [-0.39, 0.29) is 0 Å². The monoisotopic (exact) mass is 268 g/mol. The van der Waals surface area contributed by atoms with Gasteiger partial charge in [-0.15, -0.1) is 0 Å². The average molecular weight is 268 g/mol. The SMILES string of the molecule is CC(C)N1CCN(I)[C@H](C)C1. The molecule has 0 radical (unpaired) electrons. The highest BCUT2D eigenvalue weighted by atomic mass is 127. The fourth-order valence-electron chi connectivity index (χ4n) is 1.43. The van der Waals surface area contributed by atoms with Gasteiger partial charge in [0.05, 0.1) is 0 Å². The molecule has 66 valence electrons. The minimum absolute atomic E-state index is 0.711. The van der Waals surface area contributed by atoms with Gasteiger partial charge in [0.25, 0.3) is 0 Å². The zero-order valence-corrected chi connectivity index (χ0v) is 9.71. The van der Waals surface area contributed by atoms with Crippen LogP contribution in [0.2, 0.25) is 0 Å². The Morgan fingerprint density at radius 3 is 2.45 bits per heavy atom. The van der Waals surface area contributed by atoms with Crippen molar-refractivity contribution in [2.45, 2.75) is 32.9 Å². The quantitative estimate of drug-likeness (QED) is 0.528. The summed E-state index contributed by atoms with van der Waals surface area (Å²) in [7, 11) is 0. The van der Waals surface area contributed by atoms with E-state index in [1.165, 1.54) is 19.6 Å². The first-order chi connectivity index (χ1) is 5.11. The van der Waals surface area contributed by atoms with Crippen molar-refractivity contribution < 1.29 is 0 Å². The summed E-state index contributed by atoms with van der Waals surface area (Å²) in [4.78, 5) is 2.54. The lowest BCUT2D eigenvalue weighted by molar-refractivity contribution is 0.132. The third-order valence-corrected chi connectivity index (χ3v) is 3.74. The van der Waals surface area contributed by atoms with Crippen LogP contribution in [0.5, 0.6) is 0 Å². The predicted octanol–water partition coefficient (Wildman–Crippen LogP) is 1.75. The molecule has 0 aromatic rings. The van der Waals surface area contributed by atoms with Gasteiger partial charge in [0, 0.05) is 54.6 Å². The van der Waals surface area contributed by atoms with Crippen molar-refractivity contribution in [3.8, 4) is 0 Å². The molecule has 0 N–H and O–H groups in total. The molecule has 1 heterocycles. The van der Waals surface area contributed by atoms with Crippen LogP contribution in [0.25, 0.3) is 0 Å². The van der Waals surface area contributed by atoms with E-state index in [2.05, 4.69) is 51.6 Å². The van der Waals surface area contributed by atoms with E-state index < -0.39 is 0 Å². The summed E-state index contributed by atoms with van der Waals surface area (Å²) < 4.78 is 2.40. The summed E-state index contributed by atoms with van der Waals surface area (Å²) in [6.07, 6.45) is 0. The molecule has 1 atom stereocenters. The maximum atomic E-state index is 2.54. The van der Waals surface area contributed by atoms with Crippen molar-refractivity contribution in [1.29, 1.82) is 0 Å². The molecular formula is C8H17IN2. The number of rotatable bonds is 1. The van der Waals surface area contributed by atoms with Gasteiger partial charge in [0.2, 0.25) is 0 Å². The predicted molar refractivity (Wildman–Crippen MR) is 56.9 cm³/mol. The second-order valence-electron chi connectivity index (χ2n) is 3.56. The lowest BCUT2D eigenvalue weighted by atomic mass is 10.2. The van der Waals surface area contributed by atoms with Crippen molar-refractivity contribution in [3.63, 3.8) is 0 Å². The number of nitrogens with zero attached hydrogens (tertiary/aromatic N) is 2. The average Bonchev–Trinajstić information content (AvgIpc) is 1.94. The highest BCUT2D eigenvalue weighted by Gasteiger charge is 2.22. The van der Waals surface area contributed by atoms with Crippen molar-refractivity contribution in [2.24, 2.45) is 0 Å². The zero-order valence-electron chi connectivity index (χ0n) is 7.55. The number of piperazine rings is 1. The van der Waals surface area contributed by atoms with E-state index in [1.54, 1.807) is 0 Å². The van der Waals surface area contributed by atoms with Crippen LogP contribution in [-0.2, 0) is 0 Å². The van der Waals surface area contributed by atoms with Gasteiger partial charge in [-0.25, -0.2) is 3.11 Å². The molecule has 3 heteroatoms. The highest BCUT2D eigenvalue weighted by Crippen LogP contribution is 2.15. The maximum Gasteiger partial charge on any atom is 0.0293 e. The summed E-state index contributed by atoms with van der Waals surface area (Å²) in [5, 5.41) is 0. The Labute approximate surface area is 83.4 Å². The Morgan fingerprint density at radius 2 is 2.00 bits per heavy atom. The van der Waals surface area contributed by atoms with E-state index in [0.717, 1.165) is 0 Å². The lowest BCUT2D eigenvalue weighted by Crippen LogP contribution is -2.50. The van der Waals surface area contributed by atoms with Crippen molar-refractivity contribution in [1.82, 2.24) is 8.01 Å². The second-order valence-corrected chi connectivity index (χ2v) is 4.80. The minimum Gasteiger partial charge on any atom is -0.298 e. The Kier molecular flexibility index (Phi) is 3.58. The van der Waals surface area contributed by atoms with Crippen LogP contribution in [0.1, 0.15) is 20.8 Å². The molecule has 0 aromatic carbocycles. The minimum atomic E-state index is 0.711. The summed E-state index contributed by atoms with van der Waals surface area (Å²) in [5.74, 6) is 0. The van der Waals surface area contributed by atoms with E-state index in [1.807, 2.05) is 0 Å². The number of hydrogen-bond acceptors (Lipinski definition) is 2.